The summed E-state index contributed by atoms with van der Waals surface area (Å²) in [6.45, 7) is 2.48. The summed E-state index contributed by atoms with van der Waals surface area (Å²) >= 11 is 0. The smallest absolute Gasteiger partial charge is 0.331 e. The molecule has 19 heavy (non-hydrogen) atoms. The van der Waals surface area contributed by atoms with E-state index in [9.17, 15) is 14.4 Å². The van der Waals surface area contributed by atoms with Crippen LogP contribution in [0, 0.1) is 5.41 Å². The second-order valence-electron chi connectivity index (χ2n) is 5.73. The molecule has 3 aliphatic rings. The minimum atomic E-state index is -0.963. The molecule has 3 fully saturated rings. The topological polar surface area (TPSA) is 75.7 Å². The molecular formula is C13H18N2O4. The van der Waals surface area contributed by atoms with Gasteiger partial charge >= 0.3 is 6.03 Å². The number of rotatable bonds is 1. The van der Waals surface area contributed by atoms with Gasteiger partial charge in [0.25, 0.3) is 0 Å². The van der Waals surface area contributed by atoms with Gasteiger partial charge < -0.3 is 4.74 Å². The van der Waals surface area contributed by atoms with Crippen molar-refractivity contribution in [1.29, 1.82) is 0 Å². The number of hydrogen-bond donors (Lipinski definition) is 1. The van der Waals surface area contributed by atoms with E-state index in [1.54, 1.807) is 0 Å². The maximum Gasteiger partial charge on any atom is 0.331 e. The van der Waals surface area contributed by atoms with E-state index in [1.165, 1.54) is 4.90 Å². The number of imide groups is 2. The Balaban J connectivity index is 1.85. The third-order valence-corrected chi connectivity index (χ3v) is 4.53. The number of amides is 4. The highest BCUT2D eigenvalue weighted by atomic mass is 16.5. The Labute approximate surface area is 111 Å². The SMILES string of the molecule is CC1CC(N2C(=O)NC(=O)C3(CCC3)C2=O)CCO1. The lowest BCUT2D eigenvalue weighted by molar-refractivity contribution is -0.160. The largest absolute Gasteiger partial charge is 0.378 e. The van der Waals surface area contributed by atoms with E-state index in [0.717, 1.165) is 6.42 Å². The van der Waals surface area contributed by atoms with Gasteiger partial charge in [0, 0.05) is 12.6 Å². The molecule has 1 saturated carbocycles. The highest BCUT2D eigenvalue weighted by Crippen LogP contribution is 2.45. The summed E-state index contributed by atoms with van der Waals surface area (Å²) in [5, 5.41) is 2.35. The van der Waals surface area contributed by atoms with Crippen LogP contribution < -0.4 is 5.32 Å². The van der Waals surface area contributed by atoms with Crippen LogP contribution in [0.1, 0.15) is 39.0 Å². The van der Waals surface area contributed by atoms with Gasteiger partial charge in [-0.2, -0.15) is 0 Å². The van der Waals surface area contributed by atoms with Crippen molar-refractivity contribution in [2.45, 2.75) is 51.2 Å². The lowest BCUT2D eigenvalue weighted by atomic mass is 9.66. The number of carbonyl (C=O) groups is 3. The fourth-order valence-electron chi connectivity index (χ4n) is 3.21. The van der Waals surface area contributed by atoms with Crippen LogP contribution in [-0.4, -0.2) is 41.5 Å². The average molecular weight is 266 g/mol. The van der Waals surface area contributed by atoms with E-state index < -0.39 is 17.4 Å². The van der Waals surface area contributed by atoms with E-state index >= 15 is 0 Å². The van der Waals surface area contributed by atoms with Crippen molar-refractivity contribution in [3.63, 3.8) is 0 Å². The highest BCUT2D eigenvalue weighted by molar-refractivity contribution is 6.19. The summed E-state index contributed by atoms with van der Waals surface area (Å²) in [7, 11) is 0. The Hall–Kier alpha value is -1.43. The van der Waals surface area contributed by atoms with Gasteiger partial charge in [-0.1, -0.05) is 6.42 Å². The summed E-state index contributed by atoms with van der Waals surface area (Å²) < 4.78 is 5.45. The highest BCUT2D eigenvalue weighted by Gasteiger charge is 2.58. The molecule has 4 amide bonds. The Morgan fingerprint density at radius 3 is 2.63 bits per heavy atom. The number of barbiturate groups is 1. The average Bonchev–Trinajstić information content (AvgIpc) is 2.26. The molecule has 6 nitrogen and oxygen atoms in total. The first-order valence-electron chi connectivity index (χ1n) is 6.85. The molecular weight excluding hydrogens is 248 g/mol. The number of urea groups is 1. The Bertz CT molecular complexity index is 444. The van der Waals surface area contributed by atoms with Crippen LogP contribution in [0.5, 0.6) is 0 Å². The zero-order valence-electron chi connectivity index (χ0n) is 11.0. The Morgan fingerprint density at radius 2 is 2.05 bits per heavy atom. The number of nitrogens with one attached hydrogen (secondary N) is 1. The fourth-order valence-corrected chi connectivity index (χ4v) is 3.21. The maximum atomic E-state index is 12.6. The first-order valence-corrected chi connectivity index (χ1v) is 6.85. The molecule has 1 aliphatic carbocycles. The third kappa shape index (κ3) is 1.77. The molecule has 2 aliphatic heterocycles. The van der Waals surface area contributed by atoms with Gasteiger partial charge in [-0.05, 0) is 32.6 Å². The van der Waals surface area contributed by atoms with Crippen molar-refractivity contribution >= 4 is 17.8 Å². The van der Waals surface area contributed by atoms with Crippen LogP contribution in [0.4, 0.5) is 4.79 Å². The monoisotopic (exact) mass is 266 g/mol. The van der Waals surface area contributed by atoms with Gasteiger partial charge in [-0.3, -0.25) is 19.8 Å². The van der Waals surface area contributed by atoms with Crippen molar-refractivity contribution < 1.29 is 19.1 Å². The number of ether oxygens (including phenoxy) is 1. The Kier molecular flexibility index (Phi) is 2.85. The quantitative estimate of drug-likeness (QED) is 0.712. The molecule has 0 radical (unpaired) electrons. The van der Waals surface area contributed by atoms with Gasteiger partial charge in [-0.15, -0.1) is 0 Å². The molecule has 6 heteroatoms. The van der Waals surface area contributed by atoms with E-state index in [-0.39, 0.29) is 18.1 Å². The zero-order chi connectivity index (χ0) is 13.6. The first kappa shape index (κ1) is 12.6. The molecule has 2 saturated heterocycles. The lowest BCUT2D eigenvalue weighted by Crippen LogP contribution is -2.68. The molecule has 104 valence electrons. The van der Waals surface area contributed by atoms with Crippen LogP contribution in [-0.2, 0) is 14.3 Å². The second kappa shape index (κ2) is 4.30. The van der Waals surface area contributed by atoms with Crippen molar-refractivity contribution in [3.8, 4) is 0 Å². The third-order valence-electron chi connectivity index (χ3n) is 4.53. The number of hydrogen-bond acceptors (Lipinski definition) is 4. The van der Waals surface area contributed by atoms with E-state index in [0.29, 0.717) is 32.3 Å². The molecule has 2 unspecified atom stereocenters. The lowest BCUT2D eigenvalue weighted by Gasteiger charge is -2.47. The van der Waals surface area contributed by atoms with E-state index in [1.807, 2.05) is 6.92 Å². The number of nitrogens with zero attached hydrogens (tertiary/aromatic N) is 1. The van der Waals surface area contributed by atoms with Gasteiger partial charge in [0.2, 0.25) is 11.8 Å². The van der Waals surface area contributed by atoms with Crippen molar-refractivity contribution in [3.05, 3.63) is 0 Å². The van der Waals surface area contributed by atoms with Gasteiger partial charge in [-0.25, -0.2) is 4.79 Å². The molecule has 2 atom stereocenters. The van der Waals surface area contributed by atoms with Crippen LogP contribution >= 0.6 is 0 Å². The first-order chi connectivity index (χ1) is 9.04. The van der Waals surface area contributed by atoms with Crippen molar-refractivity contribution in [2.24, 2.45) is 5.41 Å². The van der Waals surface area contributed by atoms with E-state index in [4.69, 9.17) is 4.74 Å². The molecule has 0 bridgehead atoms. The number of carbonyl (C=O) groups excluding carboxylic acids is 3. The van der Waals surface area contributed by atoms with Gasteiger partial charge in [0.1, 0.15) is 5.41 Å². The predicted octanol–water partition coefficient (Wildman–Crippen LogP) is 0.803. The summed E-state index contributed by atoms with van der Waals surface area (Å²) in [4.78, 5) is 37.7. The van der Waals surface area contributed by atoms with Crippen molar-refractivity contribution in [2.75, 3.05) is 6.61 Å². The molecule has 0 aromatic carbocycles. The fraction of sp³-hybridized carbons (Fsp3) is 0.769. The van der Waals surface area contributed by atoms with E-state index in [2.05, 4.69) is 5.32 Å². The van der Waals surface area contributed by atoms with Crippen LogP contribution in [0.25, 0.3) is 0 Å². The van der Waals surface area contributed by atoms with Crippen molar-refractivity contribution in [1.82, 2.24) is 10.2 Å². The normalized spacial score (nSPS) is 34.2. The molecule has 3 rings (SSSR count). The maximum absolute atomic E-state index is 12.6. The summed E-state index contributed by atoms with van der Waals surface area (Å²) in [6.07, 6.45) is 3.30. The standard InChI is InChI=1S/C13H18N2O4/c1-8-7-9(3-6-19-8)15-11(17)13(4-2-5-13)10(16)14-12(15)18/h8-9H,2-7H2,1H3,(H,14,16,18). The van der Waals surface area contributed by atoms with Crippen LogP contribution in [0.3, 0.4) is 0 Å². The molecule has 0 aromatic heterocycles. The van der Waals surface area contributed by atoms with Gasteiger partial charge in [0.05, 0.1) is 6.10 Å². The van der Waals surface area contributed by atoms with Crippen LogP contribution in [0.15, 0.2) is 0 Å². The zero-order valence-corrected chi connectivity index (χ0v) is 11.0. The molecule has 1 spiro atoms. The molecule has 0 aromatic rings. The molecule has 2 heterocycles. The minimum Gasteiger partial charge on any atom is -0.378 e. The predicted molar refractivity (Wildman–Crippen MR) is 65.1 cm³/mol. The summed E-state index contributed by atoms with van der Waals surface area (Å²) in [5.41, 5.74) is -0.963. The van der Waals surface area contributed by atoms with Gasteiger partial charge in [0.15, 0.2) is 0 Å². The minimum absolute atomic E-state index is 0.0364. The summed E-state index contributed by atoms with van der Waals surface area (Å²) in [5.74, 6) is -0.711. The molecule has 1 N–H and O–H groups in total. The van der Waals surface area contributed by atoms with Crippen LogP contribution in [0.2, 0.25) is 0 Å². The second-order valence-corrected chi connectivity index (χ2v) is 5.73. The Morgan fingerprint density at radius 1 is 1.32 bits per heavy atom. The summed E-state index contributed by atoms with van der Waals surface area (Å²) in [6, 6.07) is -0.714.